The lowest BCUT2D eigenvalue weighted by atomic mass is 10.0. The van der Waals surface area contributed by atoms with Crippen LogP contribution >= 0.6 is 0 Å². The molecule has 3 aromatic rings. The van der Waals surface area contributed by atoms with Gasteiger partial charge in [-0.2, -0.15) is 0 Å². The van der Waals surface area contributed by atoms with Gasteiger partial charge in [-0.15, -0.1) is 0 Å². The number of piperidine rings is 1. The molecule has 1 aliphatic heterocycles. The van der Waals surface area contributed by atoms with Gasteiger partial charge in [0.1, 0.15) is 17.8 Å². The minimum atomic E-state index is 0.482. The van der Waals surface area contributed by atoms with Gasteiger partial charge in [0.2, 0.25) is 0 Å². The third-order valence-electron chi connectivity index (χ3n) is 5.25. The maximum Gasteiger partial charge on any atom is 0.145 e. The number of hydrogen-bond acceptors (Lipinski definition) is 4. The number of likely N-dealkylation sites (tertiary alicyclic amines) is 1. The van der Waals surface area contributed by atoms with E-state index in [1.807, 2.05) is 7.05 Å². The van der Waals surface area contributed by atoms with E-state index >= 15 is 0 Å². The van der Waals surface area contributed by atoms with Crippen LogP contribution in [-0.2, 0) is 13.6 Å². The summed E-state index contributed by atoms with van der Waals surface area (Å²) in [6.07, 6.45) is 6.17. The standard InChI is InChI=1S/C20H25N5/c1-23-12-10-18-19(23)21-15-22-20(18)24(2)17-9-6-11-25(14-17)13-16-7-4-3-5-8-16/h3-5,7-8,10,12,15,17H,6,9,11,13-14H2,1-2H3. The average Bonchev–Trinajstić information content (AvgIpc) is 3.03. The number of aryl methyl sites for hydroxylation is 1. The molecule has 1 aromatic carbocycles. The number of likely N-dealkylation sites (N-methyl/N-ethyl adjacent to an activating group) is 1. The predicted molar refractivity (Wildman–Crippen MR) is 102 cm³/mol. The van der Waals surface area contributed by atoms with Gasteiger partial charge < -0.3 is 9.47 Å². The first kappa shape index (κ1) is 16.1. The third kappa shape index (κ3) is 3.24. The monoisotopic (exact) mass is 335 g/mol. The Morgan fingerprint density at radius 3 is 2.84 bits per heavy atom. The maximum atomic E-state index is 4.59. The first-order chi connectivity index (χ1) is 12.2. The SMILES string of the molecule is CN(c1ncnc2c1ccn2C)C1CCCN(Cc2ccccc2)C1. The van der Waals surface area contributed by atoms with Crippen LogP contribution in [0.3, 0.4) is 0 Å². The highest BCUT2D eigenvalue weighted by atomic mass is 15.3. The Balaban J connectivity index is 1.52. The molecule has 25 heavy (non-hydrogen) atoms. The molecule has 1 fully saturated rings. The average molecular weight is 335 g/mol. The molecule has 0 spiro atoms. The summed E-state index contributed by atoms with van der Waals surface area (Å²) in [6.45, 7) is 3.27. The summed E-state index contributed by atoms with van der Waals surface area (Å²) < 4.78 is 2.05. The van der Waals surface area contributed by atoms with Crippen LogP contribution in [0.4, 0.5) is 5.82 Å². The number of anilines is 1. The van der Waals surface area contributed by atoms with Crippen LogP contribution in [-0.4, -0.2) is 45.6 Å². The van der Waals surface area contributed by atoms with Crippen molar-refractivity contribution in [2.75, 3.05) is 25.0 Å². The van der Waals surface area contributed by atoms with Crippen molar-refractivity contribution in [3.8, 4) is 0 Å². The van der Waals surface area contributed by atoms with E-state index in [2.05, 4.69) is 74.0 Å². The third-order valence-corrected chi connectivity index (χ3v) is 5.25. The Hall–Kier alpha value is -2.40. The van der Waals surface area contributed by atoms with Gasteiger partial charge in [-0.3, -0.25) is 4.90 Å². The molecule has 1 saturated heterocycles. The summed E-state index contributed by atoms with van der Waals surface area (Å²) in [7, 11) is 4.20. The first-order valence-corrected chi connectivity index (χ1v) is 8.97. The van der Waals surface area contributed by atoms with Gasteiger partial charge in [0, 0.05) is 39.4 Å². The van der Waals surface area contributed by atoms with Crippen LogP contribution in [0.25, 0.3) is 11.0 Å². The summed E-state index contributed by atoms with van der Waals surface area (Å²) in [6, 6.07) is 13.3. The van der Waals surface area contributed by atoms with E-state index in [4.69, 9.17) is 0 Å². The lowest BCUT2D eigenvalue weighted by molar-refractivity contribution is 0.198. The van der Waals surface area contributed by atoms with E-state index < -0.39 is 0 Å². The molecule has 1 unspecified atom stereocenters. The minimum absolute atomic E-state index is 0.482. The molecular formula is C20H25N5. The van der Waals surface area contributed by atoms with E-state index in [1.165, 1.54) is 24.9 Å². The molecule has 0 bridgehead atoms. The molecule has 0 N–H and O–H groups in total. The van der Waals surface area contributed by atoms with E-state index in [0.29, 0.717) is 6.04 Å². The van der Waals surface area contributed by atoms with E-state index in [-0.39, 0.29) is 0 Å². The molecule has 0 aliphatic carbocycles. The minimum Gasteiger partial charge on any atom is -0.355 e. The molecule has 2 aromatic heterocycles. The molecule has 130 valence electrons. The number of hydrogen-bond donors (Lipinski definition) is 0. The van der Waals surface area contributed by atoms with Crippen LogP contribution < -0.4 is 4.90 Å². The lowest BCUT2D eigenvalue weighted by Crippen LogP contribution is -2.46. The highest BCUT2D eigenvalue weighted by Gasteiger charge is 2.25. The molecular weight excluding hydrogens is 310 g/mol. The van der Waals surface area contributed by atoms with E-state index in [9.17, 15) is 0 Å². The molecule has 3 heterocycles. The second-order valence-electron chi connectivity index (χ2n) is 6.99. The zero-order valence-corrected chi connectivity index (χ0v) is 15.0. The number of aromatic nitrogens is 3. The van der Waals surface area contributed by atoms with Gasteiger partial charge in [0.25, 0.3) is 0 Å². The second-order valence-corrected chi connectivity index (χ2v) is 6.99. The molecule has 1 aliphatic rings. The number of fused-ring (bicyclic) bond motifs is 1. The van der Waals surface area contributed by atoms with Crippen molar-refractivity contribution in [2.45, 2.75) is 25.4 Å². The summed E-state index contributed by atoms with van der Waals surface area (Å²) in [5.74, 6) is 1.04. The van der Waals surface area contributed by atoms with Crippen molar-refractivity contribution in [1.29, 1.82) is 0 Å². The number of rotatable bonds is 4. The van der Waals surface area contributed by atoms with Crippen molar-refractivity contribution in [1.82, 2.24) is 19.4 Å². The van der Waals surface area contributed by atoms with Gasteiger partial charge in [-0.25, -0.2) is 9.97 Å². The van der Waals surface area contributed by atoms with Crippen molar-refractivity contribution in [3.05, 3.63) is 54.5 Å². The summed E-state index contributed by atoms with van der Waals surface area (Å²) in [5, 5.41) is 1.13. The fraction of sp³-hybridized carbons (Fsp3) is 0.400. The van der Waals surface area contributed by atoms with Crippen LogP contribution in [0, 0.1) is 0 Å². The van der Waals surface area contributed by atoms with E-state index in [0.717, 1.165) is 29.9 Å². The molecule has 4 rings (SSSR count). The van der Waals surface area contributed by atoms with Gasteiger partial charge in [0.05, 0.1) is 5.39 Å². The normalized spacial score (nSPS) is 18.6. The summed E-state index contributed by atoms with van der Waals surface area (Å²) in [5.41, 5.74) is 2.38. The highest BCUT2D eigenvalue weighted by Crippen LogP contribution is 2.27. The van der Waals surface area contributed by atoms with Gasteiger partial charge in [0.15, 0.2) is 0 Å². The number of benzene rings is 1. The topological polar surface area (TPSA) is 37.2 Å². The number of nitrogens with zero attached hydrogens (tertiary/aromatic N) is 5. The molecule has 5 heteroatoms. The van der Waals surface area contributed by atoms with Crippen molar-refractivity contribution in [2.24, 2.45) is 7.05 Å². The van der Waals surface area contributed by atoms with E-state index in [1.54, 1.807) is 6.33 Å². The molecule has 0 amide bonds. The van der Waals surface area contributed by atoms with Crippen molar-refractivity contribution >= 4 is 16.9 Å². The van der Waals surface area contributed by atoms with Crippen LogP contribution in [0.5, 0.6) is 0 Å². The Morgan fingerprint density at radius 2 is 2.00 bits per heavy atom. The molecule has 1 atom stereocenters. The van der Waals surface area contributed by atoms with Crippen molar-refractivity contribution in [3.63, 3.8) is 0 Å². The largest absolute Gasteiger partial charge is 0.355 e. The zero-order valence-electron chi connectivity index (χ0n) is 15.0. The predicted octanol–water partition coefficient (Wildman–Crippen LogP) is 3.07. The zero-order chi connectivity index (χ0) is 17.2. The van der Waals surface area contributed by atoms with Crippen LogP contribution in [0.15, 0.2) is 48.9 Å². The fourth-order valence-corrected chi connectivity index (χ4v) is 3.85. The summed E-state index contributed by atoms with van der Waals surface area (Å²) >= 11 is 0. The smallest absolute Gasteiger partial charge is 0.145 e. The molecule has 0 radical (unpaired) electrons. The quantitative estimate of drug-likeness (QED) is 0.734. The van der Waals surface area contributed by atoms with Crippen LogP contribution in [0.1, 0.15) is 18.4 Å². The van der Waals surface area contributed by atoms with Crippen molar-refractivity contribution < 1.29 is 0 Å². The second kappa shape index (κ2) is 6.84. The highest BCUT2D eigenvalue weighted by molar-refractivity contribution is 5.87. The lowest BCUT2D eigenvalue weighted by Gasteiger charge is -2.38. The Bertz CT molecular complexity index is 842. The van der Waals surface area contributed by atoms with Gasteiger partial charge >= 0.3 is 0 Å². The van der Waals surface area contributed by atoms with Gasteiger partial charge in [-0.05, 0) is 31.0 Å². The Morgan fingerprint density at radius 1 is 1.16 bits per heavy atom. The Kier molecular flexibility index (Phi) is 4.40. The fourth-order valence-electron chi connectivity index (χ4n) is 3.85. The molecule has 0 saturated carbocycles. The molecule has 5 nitrogen and oxygen atoms in total. The first-order valence-electron chi connectivity index (χ1n) is 8.97. The summed E-state index contributed by atoms with van der Waals surface area (Å²) in [4.78, 5) is 13.9. The Labute approximate surface area is 148 Å². The van der Waals surface area contributed by atoms with Gasteiger partial charge in [-0.1, -0.05) is 30.3 Å². The van der Waals surface area contributed by atoms with Crippen LogP contribution in [0.2, 0.25) is 0 Å². The maximum absolute atomic E-state index is 4.59.